The zero-order chi connectivity index (χ0) is 20.8. The number of rotatable bonds is 4. The lowest BCUT2D eigenvalue weighted by atomic mass is 10.1. The summed E-state index contributed by atoms with van der Waals surface area (Å²) in [4.78, 5) is 23.2. The van der Waals surface area contributed by atoms with Crippen LogP contribution in [0.1, 0.15) is 45.4 Å². The van der Waals surface area contributed by atoms with Gasteiger partial charge in [0.25, 0.3) is 5.91 Å². The van der Waals surface area contributed by atoms with Crippen LogP contribution in [0.4, 0.5) is 0 Å². The predicted octanol–water partition coefficient (Wildman–Crippen LogP) is 2.67. The molecule has 8 nitrogen and oxygen atoms in total. The topological polar surface area (TPSA) is 104 Å². The Hall–Kier alpha value is -3.21. The van der Waals surface area contributed by atoms with Crippen molar-refractivity contribution in [2.24, 2.45) is 5.10 Å². The third-order valence-corrected chi connectivity index (χ3v) is 3.07. The number of esters is 1. The molecule has 0 aromatic carbocycles. The lowest BCUT2D eigenvalue weighted by molar-refractivity contribution is -0.140. The van der Waals surface area contributed by atoms with Crippen molar-refractivity contribution in [3.05, 3.63) is 29.4 Å². The van der Waals surface area contributed by atoms with Crippen molar-refractivity contribution >= 4 is 23.9 Å². The highest BCUT2D eigenvalue weighted by Gasteiger charge is 2.31. The number of hydrogen-bond acceptors (Lipinski definition) is 7. The normalized spacial score (nSPS) is 12.1. The number of hydrogen-bond donors (Lipinski definition) is 2. The van der Waals surface area contributed by atoms with Gasteiger partial charge in [0, 0.05) is 12.6 Å². The molecule has 0 bridgehead atoms. The molecule has 0 radical (unpaired) electrons. The number of carbonyl (C=O) groups is 2. The van der Waals surface area contributed by atoms with Gasteiger partial charge in [0.05, 0.1) is 18.9 Å². The number of aliphatic hydroxyl groups is 1. The van der Waals surface area contributed by atoms with E-state index in [1.165, 1.54) is 24.6 Å². The molecule has 2 heterocycles. The number of hydrazone groups is 1. The van der Waals surface area contributed by atoms with Crippen molar-refractivity contribution in [2.45, 2.75) is 40.7 Å². The maximum absolute atomic E-state index is 12.2. The Morgan fingerprint density at radius 3 is 2.67 bits per heavy atom. The second-order valence-corrected chi connectivity index (χ2v) is 4.70. The van der Waals surface area contributed by atoms with Crippen LogP contribution >= 0.6 is 0 Å². The smallest absolute Gasteiger partial charge is 0.325 e. The molecule has 0 fully saturated rings. The van der Waals surface area contributed by atoms with Gasteiger partial charge in [-0.1, -0.05) is 20.8 Å². The summed E-state index contributed by atoms with van der Waals surface area (Å²) >= 11 is 0. The highest BCUT2D eigenvalue weighted by Crippen LogP contribution is 2.31. The van der Waals surface area contributed by atoms with Crippen molar-refractivity contribution in [3.63, 3.8) is 0 Å². The molecule has 1 aromatic heterocycles. The third-order valence-electron chi connectivity index (χ3n) is 3.07. The maximum atomic E-state index is 12.2. The first-order valence-corrected chi connectivity index (χ1v) is 8.54. The number of nitrogens with one attached hydrogen (secondary N) is 1. The number of amides is 1. The highest BCUT2D eigenvalue weighted by atomic mass is 16.5. The molecule has 1 aliphatic heterocycles. The van der Waals surface area contributed by atoms with Crippen LogP contribution in [-0.2, 0) is 20.9 Å². The molecular weight excluding hydrogens is 350 g/mol. The van der Waals surface area contributed by atoms with Crippen LogP contribution in [0.5, 0.6) is 0 Å². The first kappa shape index (κ1) is 23.8. The van der Waals surface area contributed by atoms with Gasteiger partial charge in [-0.25, -0.2) is 5.01 Å². The lowest BCUT2D eigenvalue weighted by Gasteiger charge is -2.25. The van der Waals surface area contributed by atoms with E-state index in [0.717, 1.165) is 6.42 Å². The molecule has 27 heavy (non-hydrogen) atoms. The molecule has 1 amide bonds. The van der Waals surface area contributed by atoms with Gasteiger partial charge in [0.1, 0.15) is 18.8 Å². The molecule has 0 unspecified atom stereocenters. The number of fused-ring (bicyclic) bond motifs is 1. The molecule has 0 saturated carbocycles. The van der Waals surface area contributed by atoms with Gasteiger partial charge in [-0.05, 0) is 13.0 Å². The summed E-state index contributed by atoms with van der Waals surface area (Å²) in [6.07, 6.45) is 8.53. The van der Waals surface area contributed by atoms with Crippen molar-refractivity contribution in [2.75, 3.05) is 13.7 Å². The first-order chi connectivity index (χ1) is 13.0. The molecule has 0 saturated heterocycles. The summed E-state index contributed by atoms with van der Waals surface area (Å²) in [6, 6.07) is 1.56. The SMILES string of the molecule is C#CCC.C/C=N\N1Cc2occc2C(O)=C1C(=O)NCC(=O)OC.CC. The van der Waals surface area contributed by atoms with E-state index < -0.39 is 11.9 Å². The maximum Gasteiger partial charge on any atom is 0.325 e. The monoisotopic (exact) mass is 377 g/mol. The number of nitrogens with zero attached hydrogens (tertiary/aromatic N) is 2. The van der Waals surface area contributed by atoms with Crippen LogP contribution in [0.25, 0.3) is 5.76 Å². The van der Waals surface area contributed by atoms with E-state index in [1.54, 1.807) is 13.0 Å². The van der Waals surface area contributed by atoms with E-state index >= 15 is 0 Å². The zero-order valence-corrected chi connectivity index (χ0v) is 16.4. The number of terminal acetylenes is 1. The highest BCUT2D eigenvalue weighted by molar-refractivity contribution is 6.01. The van der Waals surface area contributed by atoms with Crippen LogP contribution in [0.15, 0.2) is 27.5 Å². The summed E-state index contributed by atoms with van der Waals surface area (Å²) in [5.41, 5.74) is 0.381. The summed E-state index contributed by atoms with van der Waals surface area (Å²) < 4.78 is 9.67. The molecule has 1 aromatic rings. The van der Waals surface area contributed by atoms with Gasteiger partial charge < -0.3 is 19.6 Å². The summed E-state index contributed by atoms with van der Waals surface area (Å²) in [7, 11) is 1.22. The molecule has 2 N–H and O–H groups in total. The molecule has 1 aliphatic rings. The predicted molar refractivity (Wildman–Crippen MR) is 103 cm³/mol. The number of aliphatic hydroxyl groups excluding tert-OH is 1. The standard InChI is InChI=1S/C13H15N3O5.C4H6.C2H6/c1-3-15-16-7-9-8(4-5-21-9)12(18)11(16)13(19)14-6-10(17)20-2;1-3-4-2;1-2/h3-5,18H,6-7H2,1-2H3,(H,14,19);1H,4H2,2H3;1-2H3/b15-3-;;. The molecule has 148 valence electrons. The summed E-state index contributed by atoms with van der Waals surface area (Å²) in [6.45, 7) is 7.53. The number of furan rings is 1. The largest absolute Gasteiger partial charge is 0.505 e. The van der Waals surface area contributed by atoms with E-state index in [1.807, 2.05) is 20.8 Å². The Kier molecular flexibility index (Phi) is 11.5. The zero-order valence-electron chi connectivity index (χ0n) is 16.4. The van der Waals surface area contributed by atoms with Gasteiger partial charge in [0.2, 0.25) is 0 Å². The van der Waals surface area contributed by atoms with Gasteiger partial charge in [0.15, 0.2) is 11.5 Å². The van der Waals surface area contributed by atoms with Crippen LogP contribution in [-0.4, -0.2) is 41.9 Å². The minimum absolute atomic E-state index is 0.0501. The van der Waals surface area contributed by atoms with E-state index in [4.69, 9.17) is 10.8 Å². The van der Waals surface area contributed by atoms with E-state index in [2.05, 4.69) is 21.1 Å². The summed E-state index contributed by atoms with van der Waals surface area (Å²) in [5, 5.41) is 17.9. The average Bonchev–Trinajstić information content (AvgIpc) is 3.17. The second-order valence-electron chi connectivity index (χ2n) is 4.70. The number of carbonyl (C=O) groups excluding carboxylic acids is 2. The molecule has 2 rings (SSSR count). The Balaban J connectivity index is 0.000000998. The number of methoxy groups -OCH3 is 1. The third kappa shape index (κ3) is 6.90. The molecule has 8 heteroatoms. The molecule has 0 spiro atoms. The Bertz CT molecular complexity index is 713. The van der Waals surface area contributed by atoms with Crippen LogP contribution in [0.2, 0.25) is 0 Å². The minimum atomic E-state index is -0.629. The Morgan fingerprint density at radius 1 is 1.52 bits per heavy atom. The van der Waals surface area contributed by atoms with Crippen molar-refractivity contribution in [1.82, 2.24) is 10.3 Å². The Labute approximate surface area is 159 Å². The quantitative estimate of drug-likeness (QED) is 0.475. The van der Waals surface area contributed by atoms with Crippen LogP contribution in [0, 0.1) is 12.3 Å². The van der Waals surface area contributed by atoms with Crippen molar-refractivity contribution in [3.8, 4) is 12.3 Å². The first-order valence-electron chi connectivity index (χ1n) is 8.54. The van der Waals surface area contributed by atoms with Gasteiger partial charge in [-0.15, -0.1) is 12.3 Å². The second kappa shape index (κ2) is 13.1. The fourth-order valence-corrected chi connectivity index (χ4v) is 1.91. The van der Waals surface area contributed by atoms with Crippen LogP contribution < -0.4 is 5.32 Å². The fourth-order valence-electron chi connectivity index (χ4n) is 1.91. The van der Waals surface area contributed by atoms with E-state index in [0.29, 0.717) is 11.3 Å². The van der Waals surface area contributed by atoms with Gasteiger partial charge in [-0.2, -0.15) is 5.10 Å². The van der Waals surface area contributed by atoms with Gasteiger partial charge in [-0.3, -0.25) is 9.59 Å². The fraction of sp³-hybridized carbons (Fsp3) is 0.421. The lowest BCUT2D eigenvalue weighted by Crippen LogP contribution is -2.38. The van der Waals surface area contributed by atoms with E-state index in [-0.39, 0.29) is 24.5 Å². The van der Waals surface area contributed by atoms with Gasteiger partial charge >= 0.3 is 5.97 Å². The minimum Gasteiger partial charge on any atom is -0.505 e. The van der Waals surface area contributed by atoms with Crippen LogP contribution in [0.3, 0.4) is 0 Å². The molecule has 0 atom stereocenters. The number of ether oxygens (including phenoxy) is 1. The Morgan fingerprint density at radius 2 is 2.15 bits per heavy atom. The molecule has 0 aliphatic carbocycles. The van der Waals surface area contributed by atoms with Crippen molar-refractivity contribution in [1.29, 1.82) is 0 Å². The molecular formula is C19H27N3O5. The average molecular weight is 377 g/mol. The van der Waals surface area contributed by atoms with Crippen molar-refractivity contribution < 1.29 is 23.8 Å². The van der Waals surface area contributed by atoms with E-state index in [9.17, 15) is 14.7 Å². The summed E-state index contributed by atoms with van der Waals surface area (Å²) in [5.74, 6) is 1.46.